The molecule has 1 spiro atoms. The summed E-state index contributed by atoms with van der Waals surface area (Å²) >= 11 is 1.65. The van der Waals surface area contributed by atoms with Gasteiger partial charge in [-0.25, -0.2) is 4.98 Å². The predicted octanol–water partition coefficient (Wildman–Crippen LogP) is 4.56. The molecule has 0 radical (unpaired) electrons. The molecule has 0 aromatic carbocycles. The number of pyridine rings is 1. The number of unbranched alkanes of at least 4 members (excludes halogenated alkanes) is 1. The van der Waals surface area contributed by atoms with E-state index in [0.717, 1.165) is 48.7 Å². The van der Waals surface area contributed by atoms with Gasteiger partial charge in [0.2, 0.25) is 11.8 Å². The lowest BCUT2D eigenvalue weighted by Gasteiger charge is -2.52. The molecular formula is C25H37Cl2N5O2S. The first-order chi connectivity index (χ1) is 15.9. The molecule has 2 amide bonds. The van der Waals surface area contributed by atoms with Gasteiger partial charge < -0.3 is 10.2 Å². The lowest BCUT2D eigenvalue weighted by Crippen LogP contribution is -2.73. The number of amides is 2. The standard InChI is InChI=1S/C25H35N5O2S.2ClH/c1-4-5-12-30-23(31)21(15-18(2)3)28-24(32)25(30)8-13-29(14-9-25)16-20-17-33-22(27-20)19-6-10-26-11-7-19;;/h6-7,10-11,17-18,21H,4-5,8-9,12-16H2,1-3H3,(H,28,32);2*1H. The molecule has 35 heavy (non-hydrogen) atoms. The van der Waals surface area contributed by atoms with Gasteiger partial charge in [-0.1, -0.05) is 27.2 Å². The molecule has 2 aliphatic heterocycles. The molecular weight excluding hydrogens is 505 g/mol. The summed E-state index contributed by atoms with van der Waals surface area (Å²) in [6.45, 7) is 9.30. The quantitative estimate of drug-likeness (QED) is 0.530. The van der Waals surface area contributed by atoms with Gasteiger partial charge in [-0.15, -0.1) is 36.2 Å². The number of nitrogens with one attached hydrogen (secondary N) is 1. The van der Waals surface area contributed by atoms with Gasteiger partial charge in [0, 0.05) is 49.5 Å². The van der Waals surface area contributed by atoms with E-state index < -0.39 is 5.54 Å². The first kappa shape index (κ1) is 29.5. The molecule has 1 atom stereocenters. The first-order valence-electron chi connectivity index (χ1n) is 12.1. The van der Waals surface area contributed by atoms with Crippen LogP contribution in [0.15, 0.2) is 29.9 Å². The maximum absolute atomic E-state index is 13.4. The Morgan fingerprint density at radius 1 is 1.17 bits per heavy atom. The van der Waals surface area contributed by atoms with Crippen molar-refractivity contribution in [3.63, 3.8) is 0 Å². The normalized spacial score (nSPS) is 19.9. The number of carbonyl (C=O) groups is 2. The highest BCUT2D eigenvalue weighted by molar-refractivity contribution is 7.13. The molecule has 0 saturated carbocycles. The summed E-state index contributed by atoms with van der Waals surface area (Å²) in [5.41, 5.74) is 1.42. The monoisotopic (exact) mass is 541 g/mol. The second-order valence-corrected chi connectivity index (χ2v) is 10.5. The summed E-state index contributed by atoms with van der Waals surface area (Å²) in [7, 11) is 0. The van der Waals surface area contributed by atoms with Crippen LogP contribution in [-0.2, 0) is 16.1 Å². The molecule has 2 aliphatic rings. The number of halogens is 2. The van der Waals surface area contributed by atoms with Gasteiger partial charge in [0.25, 0.3) is 0 Å². The van der Waals surface area contributed by atoms with E-state index in [1.165, 1.54) is 0 Å². The Labute approximate surface area is 224 Å². The van der Waals surface area contributed by atoms with Gasteiger partial charge in [0.05, 0.1) is 5.69 Å². The van der Waals surface area contributed by atoms with Gasteiger partial charge in [0.15, 0.2) is 0 Å². The minimum Gasteiger partial charge on any atom is -0.342 e. The van der Waals surface area contributed by atoms with Gasteiger partial charge >= 0.3 is 0 Å². The maximum Gasteiger partial charge on any atom is 0.246 e. The Hall–Kier alpha value is -1.74. The summed E-state index contributed by atoms with van der Waals surface area (Å²) in [6.07, 6.45) is 7.54. The van der Waals surface area contributed by atoms with E-state index in [1.807, 2.05) is 17.0 Å². The number of likely N-dealkylation sites (tertiary alicyclic amines) is 1. The van der Waals surface area contributed by atoms with E-state index in [1.54, 1.807) is 23.7 Å². The number of piperidine rings is 1. The average Bonchev–Trinajstić information content (AvgIpc) is 3.28. The third-order valence-electron chi connectivity index (χ3n) is 6.80. The van der Waals surface area contributed by atoms with Crippen LogP contribution in [0.2, 0.25) is 0 Å². The molecule has 2 fully saturated rings. The maximum atomic E-state index is 13.4. The Morgan fingerprint density at radius 3 is 2.49 bits per heavy atom. The molecule has 4 heterocycles. The molecule has 10 heteroatoms. The van der Waals surface area contributed by atoms with E-state index in [-0.39, 0.29) is 42.7 Å². The van der Waals surface area contributed by atoms with E-state index in [2.05, 4.69) is 41.4 Å². The number of carbonyl (C=O) groups excluding carboxylic acids is 2. The zero-order valence-corrected chi connectivity index (χ0v) is 23.2. The molecule has 1 unspecified atom stereocenters. The van der Waals surface area contributed by atoms with Crippen LogP contribution in [0.25, 0.3) is 10.6 Å². The summed E-state index contributed by atoms with van der Waals surface area (Å²) in [5.74, 6) is 0.502. The fraction of sp³-hybridized carbons (Fsp3) is 0.600. The van der Waals surface area contributed by atoms with Crippen LogP contribution in [0, 0.1) is 5.92 Å². The van der Waals surface area contributed by atoms with Crippen LogP contribution < -0.4 is 5.32 Å². The molecule has 0 bridgehead atoms. The van der Waals surface area contributed by atoms with Crippen molar-refractivity contribution in [2.24, 2.45) is 5.92 Å². The number of aromatic nitrogens is 2. The van der Waals surface area contributed by atoms with Gasteiger partial charge in [0.1, 0.15) is 16.6 Å². The summed E-state index contributed by atoms with van der Waals surface area (Å²) in [4.78, 5) is 39.9. The van der Waals surface area contributed by atoms with Crippen molar-refractivity contribution in [3.05, 3.63) is 35.6 Å². The largest absolute Gasteiger partial charge is 0.342 e. The Kier molecular flexibility index (Phi) is 10.9. The van der Waals surface area contributed by atoms with Crippen LogP contribution in [0.1, 0.15) is 58.6 Å². The molecule has 0 aliphatic carbocycles. The third kappa shape index (κ3) is 6.53. The van der Waals surface area contributed by atoms with Crippen molar-refractivity contribution in [2.75, 3.05) is 19.6 Å². The molecule has 7 nitrogen and oxygen atoms in total. The number of hydrogen-bond acceptors (Lipinski definition) is 6. The van der Waals surface area contributed by atoms with Crippen molar-refractivity contribution < 1.29 is 9.59 Å². The van der Waals surface area contributed by atoms with E-state index in [0.29, 0.717) is 31.7 Å². The van der Waals surface area contributed by atoms with Gasteiger partial charge in [-0.05, 0) is 43.7 Å². The number of piperazine rings is 1. The molecule has 2 saturated heterocycles. The topological polar surface area (TPSA) is 78.4 Å². The predicted molar refractivity (Wildman–Crippen MR) is 145 cm³/mol. The lowest BCUT2D eigenvalue weighted by atomic mass is 9.80. The highest BCUT2D eigenvalue weighted by Crippen LogP contribution is 2.35. The Bertz CT molecular complexity index is 964. The highest BCUT2D eigenvalue weighted by atomic mass is 35.5. The summed E-state index contributed by atoms with van der Waals surface area (Å²) in [6, 6.07) is 3.56. The van der Waals surface area contributed by atoms with Crippen molar-refractivity contribution in [1.29, 1.82) is 0 Å². The molecule has 2 aromatic rings. The Balaban J connectivity index is 0.00000216. The average molecular weight is 543 g/mol. The molecule has 2 aromatic heterocycles. The number of hydrogen-bond donors (Lipinski definition) is 1. The van der Waals surface area contributed by atoms with Crippen molar-refractivity contribution in [1.82, 2.24) is 25.1 Å². The van der Waals surface area contributed by atoms with Crippen LogP contribution in [0.4, 0.5) is 0 Å². The number of nitrogens with zero attached hydrogens (tertiary/aromatic N) is 4. The van der Waals surface area contributed by atoms with E-state index >= 15 is 0 Å². The summed E-state index contributed by atoms with van der Waals surface area (Å²) < 4.78 is 0. The van der Waals surface area contributed by atoms with E-state index in [9.17, 15) is 9.59 Å². The van der Waals surface area contributed by atoms with Crippen LogP contribution >= 0.6 is 36.2 Å². The minimum absolute atomic E-state index is 0. The fourth-order valence-corrected chi connectivity index (χ4v) is 5.78. The molecule has 194 valence electrons. The minimum atomic E-state index is -0.708. The van der Waals surface area contributed by atoms with Gasteiger partial charge in [-0.3, -0.25) is 19.5 Å². The van der Waals surface area contributed by atoms with Crippen molar-refractivity contribution in [2.45, 2.75) is 71.0 Å². The molecule has 1 N–H and O–H groups in total. The Morgan fingerprint density at radius 2 is 1.86 bits per heavy atom. The zero-order chi connectivity index (χ0) is 23.4. The molecule has 4 rings (SSSR count). The van der Waals surface area contributed by atoms with Gasteiger partial charge in [-0.2, -0.15) is 0 Å². The zero-order valence-electron chi connectivity index (χ0n) is 20.7. The first-order valence-corrected chi connectivity index (χ1v) is 13.0. The fourth-order valence-electron chi connectivity index (χ4n) is 4.96. The second-order valence-electron chi connectivity index (χ2n) is 9.69. The number of rotatable bonds is 8. The second kappa shape index (κ2) is 13.0. The van der Waals surface area contributed by atoms with Crippen LogP contribution in [-0.4, -0.2) is 62.8 Å². The SMILES string of the molecule is CCCCN1C(=O)C(CC(C)C)NC(=O)C12CCN(Cc1csc(-c3ccncc3)n1)CC2.Cl.Cl. The van der Waals surface area contributed by atoms with Crippen LogP contribution in [0.3, 0.4) is 0 Å². The number of thiazole rings is 1. The smallest absolute Gasteiger partial charge is 0.246 e. The van der Waals surface area contributed by atoms with Crippen LogP contribution in [0.5, 0.6) is 0 Å². The summed E-state index contributed by atoms with van der Waals surface area (Å²) in [5, 5.41) is 6.20. The highest BCUT2D eigenvalue weighted by Gasteiger charge is 2.53. The van der Waals surface area contributed by atoms with E-state index in [4.69, 9.17) is 4.98 Å². The third-order valence-corrected chi connectivity index (χ3v) is 7.74. The lowest BCUT2D eigenvalue weighted by molar-refractivity contribution is -0.161. The van der Waals surface area contributed by atoms with Crippen molar-refractivity contribution in [3.8, 4) is 10.6 Å². The van der Waals surface area contributed by atoms with Crippen molar-refractivity contribution >= 4 is 48.0 Å².